The first kappa shape index (κ1) is 25.5. The van der Waals surface area contributed by atoms with E-state index in [0.29, 0.717) is 49.3 Å². The van der Waals surface area contributed by atoms with Gasteiger partial charge in [-0.25, -0.2) is 4.98 Å². The summed E-state index contributed by atoms with van der Waals surface area (Å²) in [5, 5.41) is 5.01. The predicted molar refractivity (Wildman–Crippen MR) is 143 cm³/mol. The highest BCUT2D eigenvalue weighted by Gasteiger charge is 2.23. The van der Waals surface area contributed by atoms with Gasteiger partial charge in [-0.2, -0.15) is 9.78 Å². The van der Waals surface area contributed by atoms with Crippen LogP contribution in [0.25, 0.3) is 10.9 Å². The summed E-state index contributed by atoms with van der Waals surface area (Å²) < 4.78 is 14.9. The molecule has 0 unspecified atom stereocenters. The van der Waals surface area contributed by atoms with Gasteiger partial charge >= 0.3 is 0 Å². The van der Waals surface area contributed by atoms with Gasteiger partial charge in [0.25, 0.3) is 5.56 Å². The highest BCUT2D eigenvalue weighted by molar-refractivity contribution is 9.13. The summed E-state index contributed by atoms with van der Waals surface area (Å²) in [6.45, 7) is 8.38. The number of rotatable bonds is 6. The standard InChI is InChI=1S/C24H22Br3N3O3/c1-6-10-33-21-18(32-7-2)11-14(19(26)20(21)27)13-28-30-22(31)16-12-15(25)8-9-17(16)29-23(30)24(3,4)5/h1,8-9,11-13H,7,10H2,2-5H3. The van der Waals surface area contributed by atoms with E-state index in [1.165, 1.54) is 4.68 Å². The average molecular weight is 640 g/mol. The molecule has 0 saturated heterocycles. The Hall–Kier alpha value is -2.15. The molecule has 0 spiro atoms. The van der Waals surface area contributed by atoms with Gasteiger partial charge in [-0.15, -0.1) is 6.42 Å². The monoisotopic (exact) mass is 637 g/mol. The summed E-state index contributed by atoms with van der Waals surface area (Å²) in [6, 6.07) is 7.21. The van der Waals surface area contributed by atoms with Gasteiger partial charge in [-0.3, -0.25) is 4.79 Å². The topological polar surface area (TPSA) is 65.7 Å². The van der Waals surface area contributed by atoms with Gasteiger partial charge in [-0.05, 0) is 63.0 Å². The van der Waals surface area contributed by atoms with E-state index in [9.17, 15) is 4.79 Å². The molecule has 1 heterocycles. The number of terminal acetylenes is 1. The zero-order valence-electron chi connectivity index (χ0n) is 18.6. The van der Waals surface area contributed by atoms with Gasteiger partial charge in [0.05, 0.1) is 28.2 Å². The van der Waals surface area contributed by atoms with Gasteiger partial charge in [-0.1, -0.05) is 42.6 Å². The lowest BCUT2D eigenvalue weighted by Gasteiger charge is -2.21. The summed E-state index contributed by atoms with van der Waals surface area (Å²) in [7, 11) is 0. The molecule has 0 radical (unpaired) electrons. The van der Waals surface area contributed by atoms with Crippen molar-refractivity contribution in [1.29, 1.82) is 0 Å². The molecule has 33 heavy (non-hydrogen) atoms. The maximum absolute atomic E-state index is 13.4. The number of fused-ring (bicyclic) bond motifs is 1. The molecule has 0 fully saturated rings. The second-order valence-corrected chi connectivity index (χ2v) is 10.6. The third kappa shape index (κ3) is 5.51. The lowest BCUT2D eigenvalue weighted by atomic mass is 9.95. The number of hydrogen-bond donors (Lipinski definition) is 0. The van der Waals surface area contributed by atoms with Crippen LogP contribution in [0.1, 0.15) is 39.1 Å². The van der Waals surface area contributed by atoms with Crippen LogP contribution >= 0.6 is 47.8 Å². The minimum atomic E-state index is -0.418. The number of halogens is 3. The highest BCUT2D eigenvalue weighted by Crippen LogP contribution is 2.42. The van der Waals surface area contributed by atoms with Crippen molar-refractivity contribution in [2.75, 3.05) is 13.2 Å². The van der Waals surface area contributed by atoms with E-state index < -0.39 is 5.41 Å². The molecule has 172 valence electrons. The SMILES string of the molecule is C#CCOc1c(OCC)cc(C=Nn2c(C(C)(C)C)nc3ccc(Br)cc3c2=O)c(Br)c1Br. The molecule has 0 aliphatic heterocycles. The Morgan fingerprint density at radius 2 is 1.91 bits per heavy atom. The van der Waals surface area contributed by atoms with E-state index in [2.05, 4.69) is 58.8 Å². The summed E-state index contributed by atoms with van der Waals surface area (Å²) in [5.41, 5.74) is 0.632. The molecule has 1 aromatic heterocycles. The fraction of sp³-hybridized carbons (Fsp3) is 0.292. The zero-order chi connectivity index (χ0) is 24.3. The lowest BCUT2D eigenvalue weighted by molar-refractivity contribution is 0.297. The zero-order valence-corrected chi connectivity index (χ0v) is 23.3. The Kier molecular flexibility index (Phi) is 8.04. The Morgan fingerprint density at radius 3 is 2.55 bits per heavy atom. The molecule has 0 N–H and O–H groups in total. The summed E-state index contributed by atoms with van der Waals surface area (Å²) in [6.07, 6.45) is 6.93. The maximum Gasteiger partial charge on any atom is 0.282 e. The normalized spacial score (nSPS) is 11.7. The van der Waals surface area contributed by atoms with Crippen molar-refractivity contribution >= 4 is 64.9 Å². The second kappa shape index (κ2) is 10.4. The van der Waals surface area contributed by atoms with E-state index in [1.807, 2.05) is 39.8 Å². The van der Waals surface area contributed by atoms with Crippen LogP contribution in [0.2, 0.25) is 0 Å². The van der Waals surface area contributed by atoms with Crippen molar-refractivity contribution < 1.29 is 9.47 Å². The quantitative estimate of drug-likeness (QED) is 0.236. The summed E-state index contributed by atoms with van der Waals surface area (Å²) in [5.74, 6) is 4.00. The van der Waals surface area contributed by atoms with Crippen molar-refractivity contribution in [3.63, 3.8) is 0 Å². The molecule has 0 saturated carbocycles. The van der Waals surface area contributed by atoms with E-state index in [-0.39, 0.29) is 12.2 Å². The fourth-order valence-corrected chi connectivity index (χ4v) is 4.37. The minimum absolute atomic E-state index is 0.0984. The first-order valence-corrected chi connectivity index (χ1v) is 12.4. The van der Waals surface area contributed by atoms with Crippen LogP contribution in [0.15, 0.2) is 47.6 Å². The van der Waals surface area contributed by atoms with Gasteiger partial charge in [0.15, 0.2) is 11.5 Å². The van der Waals surface area contributed by atoms with Crippen molar-refractivity contribution in [2.45, 2.75) is 33.1 Å². The number of aromatic nitrogens is 2. The number of ether oxygens (including phenoxy) is 2. The number of hydrogen-bond acceptors (Lipinski definition) is 5. The first-order chi connectivity index (χ1) is 15.6. The van der Waals surface area contributed by atoms with E-state index in [1.54, 1.807) is 18.3 Å². The van der Waals surface area contributed by atoms with Crippen molar-refractivity contribution in [3.8, 4) is 23.8 Å². The molecule has 3 aromatic rings. The molecular weight excluding hydrogens is 618 g/mol. The van der Waals surface area contributed by atoms with Gasteiger partial charge < -0.3 is 9.47 Å². The lowest BCUT2D eigenvalue weighted by Crippen LogP contribution is -2.29. The average Bonchev–Trinajstić information content (AvgIpc) is 2.75. The molecule has 0 amide bonds. The smallest absolute Gasteiger partial charge is 0.282 e. The Morgan fingerprint density at radius 1 is 1.18 bits per heavy atom. The van der Waals surface area contributed by atoms with Crippen molar-refractivity contribution in [1.82, 2.24) is 9.66 Å². The van der Waals surface area contributed by atoms with Gasteiger partial charge in [0.1, 0.15) is 12.4 Å². The maximum atomic E-state index is 13.4. The van der Waals surface area contributed by atoms with Crippen molar-refractivity contribution in [3.05, 3.63) is 59.4 Å². The molecule has 0 aliphatic rings. The van der Waals surface area contributed by atoms with Crippen LogP contribution in [-0.4, -0.2) is 29.1 Å². The number of benzene rings is 2. The Labute approximate surface area is 217 Å². The molecule has 9 heteroatoms. The second-order valence-electron chi connectivity index (χ2n) is 8.06. The summed E-state index contributed by atoms with van der Waals surface area (Å²) in [4.78, 5) is 18.1. The molecular formula is C24H22Br3N3O3. The van der Waals surface area contributed by atoms with Crippen molar-refractivity contribution in [2.24, 2.45) is 5.10 Å². The van der Waals surface area contributed by atoms with Crippen LogP contribution in [0, 0.1) is 12.3 Å². The van der Waals surface area contributed by atoms with E-state index in [0.717, 1.165) is 4.47 Å². The summed E-state index contributed by atoms with van der Waals surface area (Å²) >= 11 is 10.5. The highest BCUT2D eigenvalue weighted by atomic mass is 79.9. The van der Waals surface area contributed by atoms with E-state index >= 15 is 0 Å². The molecule has 0 atom stereocenters. The van der Waals surface area contributed by atoms with Crippen LogP contribution < -0.4 is 15.0 Å². The van der Waals surface area contributed by atoms with Crippen LogP contribution in [0.5, 0.6) is 11.5 Å². The molecule has 2 aromatic carbocycles. The van der Waals surface area contributed by atoms with Crippen LogP contribution in [0.3, 0.4) is 0 Å². The minimum Gasteiger partial charge on any atom is -0.490 e. The van der Waals surface area contributed by atoms with Crippen LogP contribution in [0.4, 0.5) is 0 Å². The molecule has 6 nitrogen and oxygen atoms in total. The third-order valence-corrected chi connectivity index (χ3v) is 7.18. The third-order valence-electron chi connectivity index (χ3n) is 4.55. The fourth-order valence-electron chi connectivity index (χ4n) is 3.07. The Balaban J connectivity index is 2.20. The van der Waals surface area contributed by atoms with Crippen LogP contribution in [-0.2, 0) is 5.41 Å². The largest absolute Gasteiger partial charge is 0.490 e. The predicted octanol–water partition coefficient (Wildman–Crippen LogP) is 6.27. The number of nitrogens with zero attached hydrogens (tertiary/aromatic N) is 3. The Bertz CT molecular complexity index is 1340. The van der Waals surface area contributed by atoms with Gasteiger partial charge in [0.2, 0.25) is 0 Å². The molecule has 3 rings (SSSR count). The first-order valence-electron chi connectivity index (χ1n) is 10.1. The van der Waals surface area contributed by atoms with E-state index in [4.69, 9.17) is 20.9 Å². The molecule has 0 bridgehead atoms. The molecule has 0 aliphatic carbocycles. The van der Waals surface area contributed by atoms with Gasteiger partial charge in [0, 0.05) is 19.9 Å².